The van der Waals surface area contributed by atoms with Gasteiger partial charge in [-0.2, -0.15) is 0 Å². The quantitative estimate of drug-likeness (QED) is 0.813. The highest BCUT2D eigenvalue weighted by Gasteiger charge is 2.17. The molecule has 24 heavy (non-hydrogen) atoms. The van der Waals surface area contributed by atoms with Gasteiger partial charge in [-0.05, 0) is 42.8 Å². The van der Waals surface area contributed by atoms with E-state index in [2.05, 4.69) is 15.3 Å². The number of benzene rings is 1. The number of hydrogen-bond donors (Lipinski definition) is 2. The molecule has 1 aromatic heterocycles. The molecule has 2 N–H and O–H groups in total. The van der Waals surface area contributed by atoms with Crippen LogP contribution in [-0.4, -0.2) is 21.9 Å². The van der Waals surface area contributed by atoms with Gasteiger partial charge < -0.3 is 10.3 Å². The summed E-state index contributed by atoms with van der Waals surface area (Å²) in [6.07, 6.45) is 9.60. The molecule has 4 nitrogen and oxygen atoms in total. The van der Waals surface area contributed by atoms with E-state index in [-0.39, 0.29) is 11.9 Å². The number of nitrogens with zero attached hydrogens (tertiary/aromatic N) is 1. The van der Waals surface area contributed by atoms with E-state index in [1.54, 1.807) is 6.07 Å². The van der Waals surface area contributed by atoms with Crippen molar-refractivity contribution >= 4 is 30.3 Å². The third kappa shape index (κ3) is 4.61. The summed E-state index contributed by atoms with van der Waals surface area (Å²) in [6, 6.07) is 12.0. The fourth-order valence-electron chi connectivity index (χ4n) is 2.94. The molecule has 0 saturated heterocycles. The maximum atomic E-state index is 12.4. The predicted octanol–water partition coefficient (Wildman–Crippen LogP) is 4.37. The highest BCUT2D eigenvalue weighted by atomic mass is 32.1. The minimum atomic E-state index is -0.142. The number of nitrogens with one attached hydrogen (secondary N) is 2. The average molecular weight is 339 g/mol. The van der Waals surface area contributed by atoms with Crippen molar-refractivity contribution in [2.75, 3.05) is 0 Å². The summed E-state index contributed by atoms with van der Waals surface area (Å²) < 4.78 is 0.319. The van der Waals surface area contributed by atoms with Crippen molar-refractivity contribution in [2.45, 2.75) is 38.1 Å². The van der Waals surface area contributed by atoms with E-state index in [1.165, 1.54) is 19.3 Å². The molecule has 2 aromatic rings. The zero-order valence-electron chi connectivity index (χ0n) is 13.5. The van der Waals surface area contributed by atoms with Crippen LogP contribution in [0.4, 0.5) is 0 Å². The lowest BCUT2D eigenvalue weighted by molar-refractivity contribution is 0.0922. The summed E-state index contributed by atoms with van der Waals surface area (Å²) in [6.45, 7) is 0. The molecular weight excluding hydrogens is 318 g/mol. The van der Waals surface area contributed by atoms with Crippen molar-refractivity contribution in [3.63, 3.8) is 0 Å². The van der Waals surface area contributed by atoms with Gasteiger partial charge in [-0.15, -0.1) is 0 Å². The topological polar surface area (TPSA) is 57.8 Å². The van der Waals surface area contributed by atoms with Crippen LogP contribution in [0.25, 0.3) is 12.2 Å². The van der Waals surface area contributed by atoms with Crippen LogP contribution in [-0.2, 0) is 0 Å². The average Bonchev–Trinajstić information content (AvgIpc) is 2.61. The van der Waals surface area contributed by atoms with E-state index < -0.39 is 0 Å². The van der Waals surface area contributed by atoms with Gasteiger partial charge in [0.25, 0.3) is 5.91 Å². The number of carbonyl (C=O) groups excluding carboxylic acids is 1. The molecule has 3 rings (SSSR count). The summed E-state index contributed by atoms with van der Waals surface area (Å²) in [4.78, 5) is 19.6. The van der Waals surface area contributed by atoms with Gasteiger partial charge in [-0.25, -0.2) is 4.98 Å². The van der Waals surface area contributed by atoms with E-state index in [0.29, 0.717) is 10.5 Å². The standard InChI is InChI=1S/C19H21N3OS/c23-18(20-15-9-5-2-6-10-15)17-13-16(21-19(24)22-17)12-11-14-7-3-1-4-8-14/h1,3-4,7-8,11-13,15H,2,5-6,9-10H2,(H,20,23)(H,21,22,24)/b12-11+. The molecule has 1 aliphatic rings. The van der Waals surface area contributed by atoms with Crippen LogP contribution in [0.5, 0.6) is 0 Å². The highest BCUT2D eigenvalue weighted by Crippen LogP contribution is 2.17. The molecule has 0 spiro atoms. The minimum absolute atomic E-state index is 0.142. The van der Waals surface area contributed by atoms with Crippen molar-refractivity contribution in [1.29, 1.82) is 0 Å². The lowest BCUT2D eigenvalue weighted by Crippen LogP contribution is -2.36. The Morgan fingerprint density at radius 2 is 1.92 bits per heavy atom. The van der Waals surface area contributed by atoms with Crippen molar-refractivity contribution in [3.8, 4) is 0 Å². The van der Waals surface area contributed by atoms with Gasteiger partial charge in [0.1, 0.15) is 5.69 Å². The zero-order valence-corrected chi connectivity index (χ0v) is 14.3. The fourth-order valence-corrected chi connectivity index (χ4v) is 3.16. The van der Waals surface area contributed by atoms with E-state index in [4.69, 9.17) is 12.2 Å². The first-order valence-electron chi connectivity index (χ1n) is 8.36. The Kier molecular flexibility index (Phi) is 5.54. The number of aromatic amines is 1. The Bertz CT molecular complexity index is 777. The molecule has 1 heterocycles. The first kappa shape index (κ1) is 16.6. The van der Waals surface area contributed by atoms with Crippen molar-refractivity contribution < 1.29 is 4.79 Å². The lowest BCUT2D eigenvalue weighted by atomic mass is 9.95. The molecule has 0 bridgehead atoms. The van der Waals surface area contributed by atoms with Crippen LogP contribution in [0.3, 0.4) is 0 Å². The van der Waals surface area contributed by atoms with Gasteiger partial charge in [0, 0.05) is 11.7 Å². The number of rotatable bonds is 4. The van der Waals surface area contributed by atoms with Crippen LogP contribution >= 0.6 is 12.2 Å². The molecule has 1 aliphatic carbocycles. The van der Waals surface area contributed by atoms with Gasteiger partial charge in [0.2, 0.25) is 0 Å². The summed E-state index contributed by atoms with van der Waals surface area (Å²) >= 11 is 5.16. The molecule has 0 aliphatic heterocycles. The SMILES string of the molecule is O=C(NC1CCCCC1)c1cc(/C=C/c2ccccc2)[nH]c(=S)n1. The molecule has 1 fully saturated rings. The molecule has 1 saturated carbocycles. The van der Waals surface area contributed by atoms with Gasteiger partial charge in [0.15, 0.2) is 4.77 Å². The third-order valence-electron chi connectivity index (χ3n) is 4.19. The number of aromatic nitrogens is 2. The Hall–Kier alpha value is -2.27. The summed E-state index contributed by atoms with van der Waals surface area (Å²) in [7, 11) is 0. The van der Waals surface area contributed by atoms with Crippen LogP contribution in [0, 0.1) is 4.77 Å². The van der Waals surface area contributed by atoms with E-state index in [1.807, 2.05) is 42.5 Å². The van der Waals surface area contributed by atoms with Crippen LogP contribution < -0.4 is 5.32 Å². The van der Waals surface area contributed by atoms with E-state index >= 15 is 0 Å². The molecule has 124 valence electrons. The first-order valence-corrected chi connectivity index (χ1v) is 8.77. The smallest absolute Gasteiger partial charge is 0.270 e. The fraction of sp³-hybridized carbons (Fsp3) is 0.316. The number of H-pyrrole nitrogens is 1. The van der Waals surface area contributed by atoms with Crippen LogP contribution in [0.2, 0.25) is 0 Å². The van der Waals surface area contributed by atoms with E-state index in [0.717, 1.165) is 24.1 Å². The molecule has 1 aromatic carbocycles. The van der Waals surface area contributed by atoms with Crippen molar-refractivity contribution in [1.82, 2.24) is 15.3 Å². The minimum Gasteiger partial charge on any atom is -0.348 e. The first-order chi connectivity index (χ1) is 11.7. The summed E-state index contributed by atoms with van der Waals surface area (Å²) in [5.74, 6) is -0.142. The summed E-state index contributed by atoms with van der Waals surface area (Å²) in [5.41, 5.74) is 2.23. The highest BCUT2D eigenvalue weighted by molar-refractivity contribution is 7.71. The maximum Gasteiger partial charge on any atom is 0.270 e. The Morgan fingerprint density at radius 1 is 1.17 bits per heavy atom. The second-order valence-corrected chi connectivity index (χ2v) is 6.47. The van der Waals surface area contributed by atoms with Crippen molar-refractivity contribution in [3.05, 3.63) is 58.1 Å². The number of hydrogen-bond acceptors (Lipinski definition) is 3. The van der Waals surface area contributed by atoms with Crippen molar-refractivity contribution in [2.24, 2.45) is 0 Å². The molecule has 1 amide bonds. The van der Waals surface area contributed by atoms with Gasteiger partial charge in [0.05, 0.1) is 0 Å². The number of amides is 1. The van der Waals surface area contributed by atoms with E-state index in [9.17, 15) is 4.79 Å². The maximum absolute atomic E-state index is 12.4. The molecule has 5 heteroatoms. The molecule has 0 atom stereocenters. The van der Waals surface area contributed by atoms with Crippen LogP contribution in [0.1, 0.15) is 53.8 Å². The monoisotopic (exact) mass is 339 g/mol. The summed E-state index contributed by atoms with van der Waals surface area (Å²) in [5, 5.41) is 3.08. The van der Waals surface area contributed by atoms with Gasteiger partial charge >= 0.3 is 0 Å². The second kappa shape index (κ2) is 8.02. The second-order valence-electron chi connectivity index (χ2n) is 6.08. The molecule has 0 radical (unpaired) electrons. The van der Waals surface area contributed by atoms with Gasteiger partial charge in [-0.1, -0.05) is 55.7 Å². The Morgan fingerprint density at radius 3 is 2.67 bits per heavy atom. The normalized spacial score (nSPS) is 15.5. The van der Waals surface area contributed by atoms with Crippen LogP contribution in [0.15, 0.2) is 36.4 Å². The molecular formula is C19H21N3OS. The Labute approximate surface area is 147 Å². The zero-order chi connectivity index (χ0) is 16.8. The Balaban J connectivity index is 1.74. The largest absolute Gasteiger partial charge is 0.348 e. The number of carbonyl (C=O) groups is 1. The molecule has 0 unspecified atom stereocenters. The predicted molar refractivity (Wildman–Crippen MR) is 99.1 cm³/mol. The lowest BCUT2D eigenvalue weighted by Gasteiger charge is -2.22. The van der Waals surface area contributed by atoms with Gasteiger partial charge in [-0.3, -0.25) is 4.79 Å². The third-order valence-corrected chi connectivity index (χ3v) is 4.39.